The molecule has 0 aliphatic carbocycles. The summed E-state index contributed by atoms with van der Waals surface area (Å²) in [6, 6.07) is 17.5. The Hall–Kier alpha value is -4.01. The standard InChI is InChI=1S/C26H27FN6O2/c1-17(18-3-7-21(27)8-4-18)28-26(34)20-13-15-32(16-14-20)24-12-11-23-29-30-25(33(23)31-24)19-5-9-22(35-2)10-6-19/h3-12,17,20H,13-16H2,1-2H3,(H,28,34)/t17-/m0/s1. The molecular weight excluding hydrogens is 447 g/mol. The average Bonchev–Trinajstić information content (AvgIpc) is 3.32. The van der Waals surface area contributed by atoms with Crippen molar-refractivity contribution in [2.24, 2.45) is 5.92 Å². The number of methoxy groups -OCH3 is 1. The van der Waals surface area contributed by atoms with E-state index >= 15 is 0 Å². The number of nitrogens with zero attached hydrogens (tertiary/aromatic N) is 5. The van der Waals surface area contributed by atoms with Gasteiger partial charge in [-0.1, -0.05) is 12.1 Å². The molecule has 9 heteroatoms. The lowest BCUT2D eigenvalue weighted by molar-refractivity contribution is -0.126. The van der Waals surface area contributed by atoms with Crippen LogP contribution in [0.2, 0.25) is 0 Å². The molecule has 1 amide bonds. The van der Waals surface area contributed by atoms with Crippen LogP contribution in [0, 0.1) is 11.7 Å². The van der Waals surface area contributed by atoms with Crippen LogP contribution in [0.25, 0.3) is 17.0 Å². The van der Waals surface area contributed by atoms with E-state index in [-0.39, 0.29) is 23.7 Å². The summed E-state index contributed by atoms with van der Waals surface area (Å²) in [5.74, 6) is 1.94. The Labute approximate surface area is 202 Å². The van der Waals surface area contributed by atoms with Gasteiger partial charge < -0.3 is 15.0 Å². The summed E-state index contributed by atoms with van der Waals surface area (Å²) in [7, 11) is 1.63. The molecule has 1 atom stereocenters. The number of benzene rings is 2. The van der Waals surface area contributed by atoms with Gasteiger partial charge in [-0.2, -0.15) is 4.52 Å². The zero-order chi connectivity index (χ0) is 24.4. The number of carbonyl (C=O) groups is 1. The van der Waals surface area contributed by atoms with Gasteiger partial charge in [0.2, 0.25) is 5.91 Å². The smallest absolute Gasteiger partial charge is 0.223 e. The van der Waals surface area contributed by atoms with Gasteiger partial charge in [0.1, 0.15) is 17.4 Å². The summed E-state index contributed by atoms with van der Waals surface area (Å²) in [4.78, 5) is 15.0. The van der Waals surface area contributed by atoms with Crippen molar-refractivity contribution < 1.29 is 13.9 Å². The molecule has 1 aliphatic rings. The first-order chi connectivity index (χ1) is 17.0. The molecule has 8 nitrogen and oxygen atoms in total. The molecule has 0 saturated carbocycles. The van der Waals surface area contributed by atoms with Crippen LogP contribution in [0.3, 0.4) is 0 Å². The van der Waals surface area contributed by atoms with Crippen molar-refractivity contribution >= 4 is 17.4 Å². The second-order valence-corrected chi connectivity index (χ2v) is 8.76. The molecule has 0 unspecified atom stereocenters. The minimum absolute atomic E-state index is 0.0329. The van der Waals surface area contributed by atoms with Crippen molar-refractivity contribution in [2.75, 3.05) is 25.1 Å². The van der Waals surface area contributed by atoms with E-state index in [4.69, 9.17) is 9.84 Å². The van der Waals surface area contributed by atoms with Crippen LogP contribution in [-0.4, -0.2) is 45.9 Å². The molecule has 1 saturated heterocycles. The molecule has 1 aliphatic heterocycles. The minimum Gasteiger partial charge on any atom is -0.497 e. The fourth-order valence-corrected chi connectivity index (χ4v) is 4.40. The molecular formula is C26H27FN6O2. The Kier molecular flexibility index (Phi) is 6.31. The Morgan fingerprint density at radius 1 is 1.03 bits per heavy atom. The molecule has 1 N–H and O–H groups in total. The molecule has 0 bridgehead atoms. The second kappa shape index (κ2) is 9.69. The van der Waals surface area contributed by atoms with Crippen LogP contribution in [0.1, 0.15) is 31.4 Å². The van der Waals surface area contributed by atoms with Crippen LogP contribution in [0.5, 0.6) is 5.75 Å². The summed E-state index contributed by atoms with van der Waals surface area (Å²) in [5.41, 5.74) is 2.45. The van der Waals surface area contributed by atoms with Gasteiger partial charge in [0.25, 0.3) is 0 Å². The van der Waals surface area contributed by atoms with Crippen molar-refractivity contribution in [1.82, 2.24) is 25.1 Å². The number of hydrogen-bond acceptors (Lipinski definition) is 6. The van der Waals surface area contributed by atoms with Gasteiger partial charge in [-0.3, -0.25) is 4.79 Å². The number of aromatic nitrogens is 4. The maximum atomic E-state index is 13.2. The predicted octanol–water partition coefficient (Wildman–Crippen LogP) is 4.03. The molecule has 5 rings (SSSR count). The topological polar surface area (TPSA) is 84.7 Å². The third-order valence-electron chi connectivity index (χ3n) is 6.52. The third kappa shape index (κ3) is 4.80. The summed E-state index contributed by atoms with van der Waals surface area (Å²) in [6.45, 7) is 3.36. The van der Waals surface area contributed by atoms with Crippen LogP contribution in [0.4, 0.5) is 10.2 Å². The van der Waals surface area contributed by atoms with E-state index in [0.29, 0.717) is 11.5 Å². The molecule has 3 heterocycles. The molecule has 0 radical (unpaired) electrons. The lowest BCUT2D eigenvalue weighted by Crippen LogP contribution is -2.41. The number of anilines is 1. The van der Waals surface area contributed by atoms with E-state index in [1.54, 1.807) is 23.8 Å². The lowest BCUT2D eigenvalue weighted by Gasteiger charge is -2.32. The van der Waals surface area contributed by atoms with Gasteiger partial charge in [0.05, 0.1) is 13.2 Å². The number of amides is 1. The van der Waals surface area contributed by atoms with E-state index in [1.807, 2.05) is 43.3 Å². The zero-order valence-electron chi connectivity index (χ0n) is 19.7. The van der Waals surface area contributed by atoms with Crippen LogP contribution in [-0.2, 0) is 4.79 Å². The van der Waals surface area contributed by atoms with Gasteiger partial charge in [-0.05, 0) is 73.9 Å². The highest BCUT2D eigenvalue weighted by Gasteiger charge is 2.27. The Bertz CT molecular complexity index is 1310. The minimum atomic E-state index is -0.283. The maximum absolute atomic E-state index is 13.2. The number of rotatable bonds is 6. The quantitative estimate of drug-likeness (QED) is 0.454. The Morgan fingerprint density at radius 2 is 1.74 bits per heavy atom. The van der Waals surface area contributed by atoms with E-state index < -0.39 is 0 Å². The van der Waals surface area contributed by atoms with Crippen molar-refractivity contribution in [3.63, 3.8) is 0 Å². The molecule has 2 aromatic heterocycles. The fourth-order valence-electron chi connectivity index (χ4n) is 4.40. The van der Waals surface area contributed by atoms with Crippen molar-refractivity contribution in [3.8, 4) is 17.1 Å². The second-order valence-electron chi connectivity index (χ2n) is 8.76. The molecule has 180 valence electrons. The van der Waals surface area contributed by atoms with Crippen molar-refractivity contribution in [1.29, 1.82) is 0 Å². The number of ether oxygens (including phenoxy) is 1. The van der Waals surface area contributed by atoms with Gasteiger partial charge in [0.15, 0.2) is 11.5 Å². The Balaban J connectivity index is 1.24. The average molecular weight is 475 g/mol. The first-order valence-corrected chi connectivity index (χ1v) is 11.7. The molecule has 1 fully saturated rings. The normalized spacial score (nSPS) is 15.2. The maximum Gasteiger partial charge on any atom is 0.223 e. The zero-order valence-corrected chi connectivity index (χ0v) is 19.7. The summed E-state index contributed by atoms with van der Waals surface area (Å²) < 4.78 is 20.2. The number of halogens is 1. The van der Waals surface area contributed by atoms with Crippen LogP contribution in [0.15, 0.2) is 60.7 Å². The first kappa shape index (κ1) is 22.8. The van der Waals surface area contributed by atoms with Gasteiger partial charge in [-0.15, -0.1) is 15.3 Å². The van der Waals surface area contributed by atoms with Crippen molar-refractivity contribution in [2.45, 2.75) is 25.8 Å². The van der Waals surface area contributed by atoms with Gasteiger partial charge in [-0.25, -0.2) is 4.39 Å². The number of hydrogen-bond donors (Lipinski definition) is 1. The SMILES string of the molecule is COc1ccc(-c2nnc3ccc(N4CCC(C(=O)N[C@@H](C)c5ccc(F)cc5)CC4)nn23)cc1. The van der Waals surface area contributed by atoms with Crippen LogP contribution >= 0.6 is 0 Å². The van der Waals surface area contributed by atoms with E-state index in [0.717, 1.165) is 48.6 Å². The van der Waals surface area contributed by atoms with Gasteiger partial charge in [0, 0.05) is 24.6 Å². The molecule has 4 aromatic rings. The third-order valence-corrected chi connectivity index (χ3v) is 6.52. The van der Waals surface area contributed by atoms with Gasteiger partial charge >= 0.3 is 0 Å². The monoisotopic (exact) mass is 474 g/mol. The summed E-state index contributed by atoms with van der Waals surface area (Å²) >= 11 is 0. The highest BCUT2D eigenvalue weighted by atomic mass is 19.1. The predicted molar refractivity (Wildman–Crippen MR) is 131 cm³/mol. The highest BCUT2D eigenvalue weighted by molar-refractivity contribution is 5.79. The fraction of sp³-hybridized carbons (Fsp3) is 0.308. The van der Waals surface area contributed by atoms with E-state index in [1.165, 1.54) is 12.1 Å². The first-order valence-electron chi connectivity index (χ1n) is 11.7. The number of piperidine rings is 1. The lowest BCUT2D eigenvalue weighted by atomic mass is 9.95. The van der Waals surface area contributed by atoms with E-state index in [2.05, 4.69) is 20.4 Å². The number of nitrogens with one attached hydrogen (secondary N) is 1. The van der Waals surface area contributed by atoms with E-state index in [9.17, 15) is 9.18 Å². The molecule has 2 aromatic carbocycles. The Morgan fingerprint density at radius 3 is 2.43 bits per heavy atom. The largest absolute Gasteiger partial charge is 0.497 e. The molecule has 35 heavy (non-hydrogen) atoms. The van der Waals surface area contributed by atoms with Crippen LogP contribution < -0.4 is 15.0 Å². The number of fused-ring (bicyclic) bond motifs is 1. The summed E-state index contributed by atoms with van der Waals surface area (Å²) in [6.07, 6.45) is 1.46. The van der Waals surface area contributed by atoms with Crippen molar-refractivity contribution in [3.05, 3.63) is 72.0 Å². The highest BCUT2D eigenvalue weighted by Crippen LogP contribution is 2.25. The number of carbonyl (C=O) groups excluding carboxylic acids is 1. The summed E-state index contributed by atoms with van der Waals surface area (Å²) in [5, 5.41) is 16.4. The molecule has 0 spiro atoms.